The van der Waals surface area contributed by atoms with Gasteiger partial charge in [0.2, 0.25) is 10.0 Å². The molecule has 4 aliphatic rings. The highest BCUT2D eigenvalue weighted by Crippen LogP contribution is 2.47. The Labute approximate surface area is 302 Å². The number of aliphatic hydroxyl groups excluding tert-OH is 2. The predicted molar refractivity (Wildman–Crippen MR) is 196 cm³/mol. The second-order valence-electron chi connectivity index (χ2n) is 15.3. The largest absolute Gasteiger partial charge is 0.490 e. The molecule has 2 heterocycles. The van der Waals surface area contributed by atoms with Gasteiger partial charge < -0.3 is 29.5 Å². The van der Waals surface area contributed by atoms with E-state index in [1.54, 1.807) is 23.1 Å². The lowest BCUT2D eigenvalue weighted by Gasteiger charge is -2.46. The van der Waals surface area contributed by atoms with Crippen LogP contribution >= 0.6 is 11.6 Å². The van der Waals surface area contributed by atoms with Crippen LogP contribution in [0.2, 0.25) is 5.02 Å². The molecule has 1 spiro atoms. The number of ether oxygens (including phenoxy) is 1. The molecule has 1 saturated carbocycles. The summed E-state index contributed by atoms with van der Waals surface area (Å²) in [7, 11) is -0.210. The van der Waals surface area contributed by atoms with Gasteiger partial charge in [-0.2, -0.15) is 0 Å². The van der Waals surface area contributed by atoms with Gasteiger partial charge in [0.25, 0.3) is 5.91 Å². The van der Waals surface area contributed by atoms with Crippen molar-refractivity contribution in [2.45, 2.75) is 70.3 Å². The van der Waals surface area contributed by atoms with Crippen LogP contribution in [0.25, 0.3) is 0 Å². The summed E-state index contributed by atoms with van der Waals surface area (Å²) >= 11 is 6.39. The van der Waals surface area contributed by atoms with E-state index in [1.807, 2.05) is 34.0 Å². The Bertz CT molecular complexity index is 1620. The summed E-state index contributed by atoms with van der Waals surface area (Å²) in [6.07, 6.45) is 7.73. The van der Waals surface area contributed by atoms with Crippen LogP contribution in [0.5, 0.6) is 5.75 Å². The van der Waals surface area contributed by atoms with Crippen molar-refractivity contribution in [3.05, 3.63) is 58.1 Å². The zero-order chi connectivity index (χ0) is 36.2. The molecule has 2 aromatic carbocycles. The average molecular weight is 732 g/mol. The number of amides is 1. The maximum atomic E-state index is 13.3. The molecular formula is C38H54ClN3O7S. The third-order valence-corrected chi connectivity index (χ3v) is 13.5. The molecule has 1 amide bonds. The number of aliphatic hydroxyl groups is 2. The number of carbonyl (C=O) groups is 2. The predicted octanol–water partition coefficient (Wildman–Crippen LogP) is 4.68. The molecular weight excluding hydrogens is 678 g/mol. The van der Waals surface area contributed by atoms with Crippen LogP contribution in [0.4, 0.5) is 5.69 Å². The van der Waals surface area contributed by atoms with Crippen molar-refractivity contribution in [2.24, 2.45) is 29.6 Å². The van der Waals surface area contributed by atoms with E-state index in [9.17, 15) is 18.0 Å². The second kappa shape index (κ2) is 16.3. The Morgan fingerprint density at radius 2 is 1.84 bits per heavy atom. The topological polar surface area (TPSA) is 136 Å². The lowest BCUT2D eigenvalue weighted by molar-refractivity contribution is -0.115. The lowest BCUT2D eigenvalue weighted by atomic mass is 9.65. The first-order chi connectivity index (χ1) is 23.8. The van der Waals surface area contributed by atoms with E-state index in [0.29, 0.717) is 36.3 Å². The zero-order valence-corrected chi connectivity index (χ0v) is 31.4. The molecule has 2 aliphatic carbocycles. The first kappa shape index (κ1) is 38.5. The van der Waals surface area contributed by atoms with Crippen molar-refractivity contribution < 1.29 is 33.0 Å². The smallest absolute Gasteiger partial charge is 0.264 e. The van der Waals surface area contributed by atoms with Crippen molar-refractivity contribution in [1.29, 1.82) is 0 Å². The molecule has 3 N–H and O–H groups in total. The minimum atomic E-state index is -3.84. The Balaban J connectivity index is 0.000000544. The van der Waals surface area contributed by atoms with Crippen LogP contribution < -0.4 is 14.4 Å². The van der Waals surface area contributed by atoms with Gasteiger partial charge in [0.1, 0.15) is 12.0 Å². The van der Waals surface area contributed by atoms with Crippen molar-refractivity contribution in [3.8, 4) is 5.75 Å². The number of benzene rings is 2. The number of aryl methyl sites for hydroxylation is 1. The standard InChI is InChI=1S/C33H41ClN2O5S.C5H13NO2/c1-21-5-6-26(17-37)28-10-7-25(28)16-36-19-33(13-3-4-23-14-27(34)9-11-29(23)33)20-41-31-12-8-24(15-30(31)36)32(38)35-42(39,40)18-22(21)2;1-6(2)5(3-7)4-8/h8-9,11-12,14-15,17,21-22,25-26,28H,3-7,10,13,16,18-20H2,1-2H3,(H,35,38);5,7-8H,3-4H2,1-2H3/t21-,22+,25-,26?,28+,33-;/m0./s1. The minimum absolute atomic E-state index is 0.0174. The SMILES string of the molecule is CN(C)C(CO)CO.C[C@@H]1CS(=O)(=O)NC(=O)c2ccc3c(c2)N(C[C@@H]2CC[C@H]2C(C=O)CC[C@@H]1C)C[C@@]1(CCCc2cc(Cl)ccc21)CO3. The highest BCUT2D eigenvalue weighted by Gasteiger charge is 2.44. The molecule has 6 rings (SSSR count). The van der Waals surface area contributed by atoms with Crippen LogP contribution in [0.1, 0.15) is 73.9 Å². The normalized spacial score (nSPS) is 29.3. The van der Waals surface area contributed by atoms with Crippen LogP contribution in [-0.4, -0.2) is 94.5 Å². The number of fused-ring (bicyclic) bond motifs is 4. The first-order valence-corrected chi connectivity index (χ1v) is 20.0. The molecule has 50 heavy (non-hydrogen) atoms. The van der Waals surface area contributed by atoms with E-state index < -0.39 is 15.9 Å². The number of aldehydes is 1. The van der Waals surface area contributed by atoms with E-state index in [1.165, 1.54) is 11.1 Å². The van der Waals surface area contributed by atoms with Gasteiger partial charge in [-0.3, -0.25) is 4.79 Å². The molecule has 0 saturated heterocycles. The van der Waals surface area contributed by atoms with Gasteiger partial charge in [-0.15, -0.1) is 0 Å². The number of nitrogens with one attached hydrogen (secondary N) is 1. The van der Waals surface area contributed by atoms with Gasteiger partial charge in [-0.25, -0.2) is 13.1 Å². The fraction of sp³-hybridized carbons (Fsp3) is 0.632. The van der Waals surface area contributed by atoms with E-state index in [4.69, 9.17) is 26.6 Å². The maximum absolute atomic E-state index is 13.3. The Morgan fingerprint density at radius 3 is 2.48 bits per heavy atom. The van der Waals surface area contributed by atoms with Crippen molar-refractivity contribution in [1.82, 2.24) is 9.62 Å². The Kier molecular flexibility index (Phi) is 12.6. The first-order valence-electron chi connectivity index (χ1n) is 18.0. The molecule has 10 nitrogen and oxygen atoms in total. The van der Waals surface area contributed by atoms with Gasteiger partial charge in [0.15, 0.2) is 0 Å². The third kappa shape index (κ3) is 8.66. The van der Waals surface area contributed by atoms with E-state index in [2.05, 4.69) is 21.8 Å². The number of sulfonamides is 1. The molecule has 12 heteroatoms. The van der Waals surface area contributed by atoms with Crippen molar-refractivity contribution in [2.75, 3.05) is 57.7 Å². The Morgan fingerprint density at radius 1 is 1.08 bits per heavy atom. The Hall–Kier alpha value is -2.70. The number of nitrogens with zero attached hydrogens (tertiary/aromatic N) is 2. The van der Waals surface area contributed by atoms with Crippen molar-refractivity contribution in [3.63, 3.8) is 0 Å². The molecule has 1 unspecified atom stereocenters. The fourth-order valence-corrected chi connectivity index (χ4v) is 9.88. The van der Waals surface area contributed by atoms with Gasteiger partial charge in [-0.1, -0.05) is 31.5 Å². The summed E-state index contributed by atoms with van der Waals surface area (Å²) in [5.41, 5.74) is 3.37. The summed E-state index contributed by atoms with van der Waals surface area (Å²) in [6, 6.07) is 11.3. The van der Waals surface area contributed by atoms with Crippen LogP contribution in [0, 0.1) is 29.6 Å². The van der Waals surface area contributed by atoms with E-state index in [-0.39, 0.29) is 48.2 Å². The number of rotatable bonds is 4. The number of likely N-dealkylation sites (N-methyl/N-ethyl adjacent to an activating group) is 1. The third-order valence-electron chi connectivity index (χ3n) is 11.8. The number of halogens is 1. The quantitative estimate of drug-likeness (QED) is 0.383. The number of carbonyl (C=O) groups excluding carboxylic acids is 2. The van der Waals surface area contributed by atoms with Gasteiger partial charge in [0.05, 0.1) is 37.3 Å². The zero-order valence-electron chi connectivity index (χ0n) is 29.8. The van der Waals surface area contributed by atoms with E-state index in [0.717, 1.165) is 68.5 Å². The van der Waals surface area contributed by atoms with Gasteiger partial charge in [-0.05, 0) is 124 Å². The number of anilines is 1. The molecule has 0 radical (unpaired) electrons. The lowest BCUT2D eigenvalue weighted by Crippen LogP contribution is -2.49. The maximum Gasteiger partial charge on any atom is 0.264 e. The number of hydrogen-bond acceptors (Lipinski definition) is 9. The molecule has 2 aliphatic heterocycles. The fourth-order valence-electron chi connectivity index (χ4n) is 8.18. The summed E-state index contributed by atoms with van der Waals surface area (Å²) < 4.78 is 34.9. The minimum Gasteiger partial charge on any atom is -0.490 e. The van der Waals surface area contributed by atoms with Gasteiger partial charge in [0, 0.05) is 35.0 Å². The van der Waals surface area contributed by atoms with Crippen LogP contribution in [0.3, 0.4) is 0 Å². The van der Waals surface area contributed by atoms with E-state index >= 15 is 0 Å². The molecule has 0 aromatic heterocycles. The molecule has 6 atom stereocenters. The van der Waals surface area contributed by atoms with Crippen LogP contribution in [-0.2, 0) is 26.7 Å². The van der Waals surface area contributed by atoms with Crippen molar-refractivity contribution >= 4 is 39.5 Å². The highest BCUT2D eigenvalue weighted by molar-refractivity contribution is 7.90. The summed E-state index contributed by atoms with van der Waals surface area (Å²) in [5, 5.41) is 17.7. The molecule has 276 valence electrons. The summed E-state index contributed by atoms with van der Waals surface area (Å²) in [6.45, 7) is 5.96. The summed E-state index contributed by atoms with van der Waals surface area (Å²) in [5.74, 6) is 0.519. The highest BCUT2D eigenvalue weighted by atomic mass is 35.5. The monoisotopic (exact) mass is 731 g/mol. The van der Waals surface area contributed by atoms with Gasteiger partial charge >= 0.3 is 0 Å². The second-order valence-corrected chi connectivity index (χ2v) is 17.5. The number of hydrogen-bond donors (Lipinski definition) is 3. The average Bonchev–Trinajstić information content (AvgIpc) is 3.21. The molecule has 1 fully saturated rings. The molecule has 2 bridgehead atoms. The van der Waals surface area contributed by atoms with Crippen LogP contribution in [0.15, 0.2) is 36.4 Å². The summed E-state index contributed by atoms with van der Waals surface area (Å²) in [4.78, 5) is 29.8. The molecule has 2 aromatic rings.